The van der Waals surface area contributed by atoms with Gasteiger partial charge in [0.15, 0.2) is 0 Å². The van der Waals surface area contributed by atoms with Crippen LogP contribution in [0.1, 0.15) is 6.42 Å². The van der Waals surface area contributed by atoms with Crippen molar-refractivity contribution in [2.24, 2.45) is 0 Å². The molecule has 0 fully saturated rings. The monoisotopic (exact) mass is 245 g/mol. The largest absolute Gasteiger partial charge is 0.481 e. The lowest BCUT2D eigenvalue weighted by Crippen LogP contribution is -2.14. The van der Waals surface area contributed by atoms with E-state index in [2.05, 4.69) is 15.3 Å². The van der Waals surface area contributed by atoms with E-state index in [0.29, 0.717) is 11.8 Å². The van der Waals surface area contributed by atoms with Crippen molar-refractivity contribution in [1.29, 1.82) is 0 Å². The van der Waals surface area contributed by atoms with Crippen LogP contribution in [0.2, 0.25) is 0 Å². The SMILES string of the molecule is COc1cc(OC)nc(NC(=O)CCCl)n1. The fourth-order valence-corrected chi connectivity index (χ4v) is 1.11. The Kier molecular flexibility index (Phi) is 4.78. The predicted octanol–water partition coefficient (Wildman–Crippen LogP) is 1.06. The molecule has 0 bridgehead atoms. The van der Waals surface area contributed by atoms with Crippen molar-refractivity contribution in [2.75, 3.05) is 25.4 Å². The highest BCUT2D eigenvalue weighted by Crippen LogP contribution is 2.17. The molecule has 0 saturated heterocycles. The normalized spacial score (nSPS) is 9.69. The van der Waals surface area contributed by atoms with Crippen LogP contribution >= 0.6 is 11.6 Å². The van der Waals surface area contributed by atoms with Crippen molar-refractivity contribution in [3.8, 4) is 11.8 Å². The van der Waals surface area contributed by atoms with E-state index in [-0.39, 0.29) is 24.2 Å². The minimum Gasteiger partial charge on any atom is -0.481 e. The molecular formula is C9H12ClN3O3. The third-order valence-corrected chi connectivity index (χ3v) is 1.86. The Morgan fingerprint density at radius 1 is 1.38 bits per heavy atom. The van der Waals surface area contributed by atoms with Crippen molar-refractivity contribution < 1.29 is 14.3 Å². The topological polar surface area (TPSA) is 73.3 Å². The highest BCUT2D eigenvalue weighted by molar-refractivity contribution is 6.19. The number of amides is 1. The molecule has 0 aliphatic carbocycles. The fraction of sp³-hybridized carbons (Fsp3) is 0.444. The molecule has 7 heteroatoms. The Labute approximate surface area is 97.9 Å². The molecule has 88 valence electrons. The summed E-state index contributed by atoms with van der Waals surface area (Å²) in [6.45, 7) is 0. The lowest BCUT2D eigenvalue weighted by atomic mass is 10.4. The van der Waals surface area contributed by atoms with Gasteiger partial charge in [0.25, 0.3) is 0 Å². The molecule has 0 unspecified atom stereocenters. The zero-order valence-corrected chi connectivity index (χ0v) is 9.74. The van der Waals surface area contributed by atoms with E-state index in [1.165, 1.54) is 20.3 Å². The molecule has 0 spiro atoms. The number of aromatic nitrogens is 2. The Morgan fingerprint density at radius 2 is 1.94 bits per heavy atom. The van der Waals surface area contributed by atoms with Crippen molar-refractivity contribution >= 4 is 23.5 Å². The third-order valence-electron chi connectivity index (χ3n) is 1.67. The van der Waals surface area contributed by atoms with Crippen molar-refractivity contribution in [3.63, 3.8) is 0 Å². The molecule has 1 rings (SSSR count). The Hall–Kier alpha value is -1.56. The van der Waals surface area contributed by atoms with Gasteiger partial charge >= 0.3 is 0 Å². The number of hydrogen-bond acceptors (Lipinski definition) is 5. The van der Waals surface area contributed by atoms with Gasteiger partial charge in [-0.2, -0.15) is 9.97 Å². The van der Waals surface area contributed by atoms with Crippen LogP contribution in [0.15, 0.2) is 6.07 Å². The van der Waals surface area contributed by atoms with Crippen LogP contribution in [0.3, 0.4) is 0 Å². The number of rotatable bonds is 5. The van der Waals surface area contributed by atoms with E-state index in [4.69, 9.17) is 21.1 Å². The molecular weight excluding hydrogens is 234 g/mol. The summed E-state index contributed by atoms with van der Waals surface area (Å²) >= 11 is 5.43. The molecule has 1 heterocycles. The number of anilines is 1. The highest BCUT2D eigenvalue weighted by Gasteiger charge is 2.08. The van der Waals surface area contributed by atoms with Gasteiger partial charge in [-0.15, -0.1) is 11.6 Å². The second-order valence-corrected chi connectivity index (χ2v) is 3.14. The molecule has 1 aromatic rings. The molecule has 16 heavy (non-hydrogen) atoms. The maximum Gasteiger partial charge on any atom is 0.236 e. The number of nitrogens with one attached hydrogen (secondary N) is 1. The van der Waals surface area contributed by atoms with Crippen molar-refractivity contribution in [3.05, 3.63) is 6.07 Å². The molecule has 1 N–H and O–H groups in total. The summed E-state index contributed by atoms with van der Waals surface area (Å²) in [5.74, 6) is 0.741. The van der Waals surface area contributed by atoms with Gasteiger partial charge in [0.1, 0.15) is 0 Å². The first kappa shape index (κ1) is 12.5. The number of carbonyl (C=O) groups is 1. The van der Waals surface area contributed by atoms with Crippen molar-refractivity contribution in [2.45, 2.75) is 6.42 Å². The number of carbonyl (C=O) groups excluding carboxylic acids is 1. The lowest BCUT2D eigenvalue weighted by Gasteiger charge is -2.06. The first-order valence-electron chi connectivity index (χ1n) is 4.52. The number of halogens is 1. The number of nitrogens with zero attached hydrogens (tertiary/aromatic N) is 2. The second kappa shape index (κ2) is 6.12. The molecule has 0 aliphatic rings. The molecule has 1 amide bonds. The van der Waals surface area contributed by atoms with Gasteiger partial charge in [0, 0.05) is 12.3 Å². The summed E-state index contributed by atoms with van der Waals surface area (Å²) in [6.07, 6.45) is 0.199. The van der Waals surface area contributed by atoms with Crippen LogP contribution in [0.5, 0.6) is 11.8 Å². The van der Waals surface area contributed by atoms with E-state index >= 15 is 0 Å². The first-order valence-corrected chi connectivity index (χ1v) is 5.06. The molecule has 0 saturated carbocycles. The summed E-state index contributed by atoms with van der Waals surface area (Å²) in [4.78, 5) is 19.1. The van der Waals surface area contributed by atoms with E-state index in [1.54, 1.807) is 0 Å². The highest BCUT2D eigenvalue weighted by atomic mass is 35.5. The molecule has 0 aromatic carbocycles. The van der Waals surface area contributed by atoms with E-state index in [0.717, 1.165) is 0 Å². The van der Waals surface area contributed by atoms with Gasteiger partial charge in [0.2, 0.25) is 23.6 Å². The average Bonchev–Trinajstić information content (AvgIpc) is 2.28. The van der Waals surface area contributed by atoms with Gasteiger partial charge in [-0.25, -0.2) is 0 Å². The number of alkyl halides is 1. The summed E-state index contributed by atoms with van der Waals surface area (Å²) in [5, 5.41) is 2.49. The van der Waals surface area contributed by atoms with Crippen LogP contribution in [0.4, 0.5) is 5.95 Å². The first-order chi connectivity index (χ1) is 7.69. The minimum absolute atomic E-state index is 0.131. The summed E-state index contributed by atoms with van der Waals surface area (Å²) in [6, 6.07) is 1.51. The summed E-state index contributed by atoms with van der Waals surface area (Å²) < 4.78 is 9.86. The average molecular weight is 246 g/mol. The maximum atomic E-state index is 11.3. The van der Waals surface area contributed by atoms with E-state index in [9.17, 15) is 4.79 Å². The Bertz CT molecular complexity index is 351. The van der Waals surface area contributed by atoms with Gasteiger partial charge in [-0.05, 0) is 0 Å². The number of hydrogen-bond donors (Lipinski definition) is 1. The smallest absolute Gasteiger partial charge is 0.236 e. The van der Waals surface area contributed by atoms with E-state index < -0.39 is 0 Å². The zero-order chi connectivity index (χ0) is 12.0. The van der Waals surface area contributed by atoms with Crippen LogP contribution < -0.4 is 14.8 Å². The maximum absolute atomic E-state index is 11.3. The predicted molar refractivity (Wildman–Crippen MR) is 59.1 cm³/mol. The number of ether oxygens (including phenoxy) is 2. The fourth-order valence-electron chi connectivity index (χ4n) is 0.942. The molecule has 0 aliphatic heterocycles. The van der Waals surface area contributed by atoms with Gasteiger partial charge in [0.05, 0.1) is 20.3 Å². The van der Waals surface area contributed by atoms with Crippen LogP contribution in [0.25, 0.3) is 0 Å². The van der Waals surface area contributed by atoms with Crippen LogP contribution in [-0.2, 0) is 4.79 Å². The third kappa shape index (κ3) is 3.54. The van der Waals surface area contributed by atoms with Gasteiger partial charge in [-0.1, -0.05) is 0 Å². The summed E-state index contributed by atoms with van der Waals surface area (Å²) in [7, 11) is 2.93. The minimum atomic E-state index is -0.259. The molecule has 0 radical (unpaired) electrons. The zero-order valence-electron chi connectivity index (χ0n) is 8.99. The molecule has 0 atom stereocenters. The number of methoxy groups -OCH3 is 2. The second-order valence-electron chi connectivity index (χ2n) is 2.76. The molecule has 1 aromatic heterocycles. The lowest BCUT2D eigenvalue weighted by molar-refractivity contribution is -0.115. The van der Waals surface area contributed by atoms with Crippen molar-refractivity contribution in [1.82, 2.24) is 9.97 Å². The van der Waals surface area contributed by atoms with Crippen LogP contribution in [-0.4, -0.2) is 36.0 Å². The van der Waals surface area contributed by atoms with Gasteiger partial charge < -0.3 is 9.47 Å². The Balaban J connectivity index is 2.82. The quantitative estimate of drug-likeness (QED) is 0.786. The molecule has 6 nitrogen and oxygen atoms in total. The Morgan fingerprint density at radius 3 is 2.38 bits per heavy atom. The van der Waals surface area contributed by atoms with Crippen LogP contribution in [0, 0.1) is 0 Å². The van der Waals surface area contributed by atoms with Gasteiger partial charge in [-0.3, -0.25) is 10.1 Å². The van der Waals surface area contributed by atoms with E-state index in [1.807, 2.05) is 0 Å². The summed E-state index contributed by atoms with van der Waals surface area (Å²) in [5.41, 5.74) is 0. The standard InChI is InChI=1S/C9H12ClN3O3/c1-15-7-5-8(16-2)13-9(12-7)11-6(14)3-4-10/h5H,3-4H2,1-2H3,(H,11,12,13,14).